The number of benzene rings is 1. The third-order valence-corrected chi connectivity index (χ3v) is 5.45. The second-order valence-electron chi connectivity index (χ2n) is 7.29. The third kappa shape index (κ3) is 4.15. The Hall–Kier alpha value is -2.37. The minimum atomic E-state index is -0.690. The molecule has 0 bridgehead atoms. The number of hydrogen-bond donors (Lipinski definition) is 0. The zero-order chi connectivity index (χ0) is 19.4. The lowest BCUT2D eigenvalue weighted by Crippen LogP contribution is -2.49. The normalized spacial score (nSPS) is 21.3. The van der Waals surface area contributed by atoms with Crippen LogP contribution in [0.3, 0.4) is 0 Å². The van der Waals surface area contributed by atoms with Gasteiger partial charge >= 0.3 is 0 Å². The van der Waals surface area contributed by atoms with Gasteiger partial charge in [-0.05, 0) is 44.0 Å². The van der Waals surface area contributed by atoms with Gasteiger partial charge in [0.25, 0.3) is 5.91 Å². The average Bonchev–Trinajstić information content (AvgIpc) is 2.82. The van der Waals surface area contributed by atoms with Crippen molar-refractivity contribution in [1.29, 1.82) is 0 Å². The van der Waals surface area contributed by atoms with Gasteiger partial charge in [-0.3, -0.25) is 14.4 Å². The molecule has 146 valence electrons. The maximum absolute atomic E-state index is 13.1. The molecule has 1 atom stereocenters. The molecule has 3 amide bonds. The zero-order valence-electron chi connectivity index (χ0n) is 16.1. The Morgan fingerprint density at radius 2 is 1.74 bits per heavy atom. The van der Waals surface area contributed by atoms with Crippen LogP contribution in [0, 0.1) is 0 Å². The molecule has 1 heterocycles. The molecule has 2 aliphatic rings. The molecule has 3 rings (SSSR count). The Kier molecular flexibility index (Phi) is 6.14. The van der Waals surface area contributed by atoms with E-state index in [1.807, 2.05) is 6.92 Å². The summed E-state index contributed by atoms with van der Waals surface area (Å²) in [6, 6.07) is 6.29. The van der Waals surface area contributed by atoms with Crippen molar-refractivity contribution in [3.05, 3.63) is 24.3 Å². The van der Waals surface area contributed by atoms with Crippen molar-refractivity contribution in [2.24, 2.45) is 0 Å². The highest BCUT2D eigenvalue weighted by atomic mass is 16.5. The van der Waals surface area contributed by atoms with E-state index in [4.69, 9.17) is 4.74 Å². The number of carbonyl (C=O) groups is 3. The Labute approximate surface area is 160 Å². The van der Waals surface area contributed by atoms with Crippen molar-refractivity contribution in [2.75, 3.05) is 11.5 Å². The molecular formula is C21H28N2O4. The van der Waals surface area contributed by atoms with Gasteiger partial charge in [0, 0.05) is 13.0 Å². The minimum absolute atomic E-state index is 0.0482. The lowest BCUT2D eigenvalue weighted by Gasteiger charge is -2.34. The molecule has 1 aromatic carbocycles. The number of rotatable bonds is 5. The van der Waals surface area contributed by atoms with Crippen LogP contribution in [0.25, 0.3) is 0 Å². The summed E-state index contributed by atoms with van der Waals surface area (Å²) in [6.45, 7) is 3.95. The summed E-state index contributed by atoms with van der Waals surface area (Å²) in [5.41, 5.74) is 0.528. The van der Waals surface area contributed by atoms with E-state index in [9.17, 15) is 14.4 Å². The van der Waals surface area contributed by atoms with Crippen molar-refractivity contribution in [1.82, 2.24) is 4.90 Å². The summed E-state index contributed by atoms with van der Waals surface area (Å²) in [7, 11) is 0. The monoisotopic (exact) mass is 372 g/mol. The smallest absolute Gasteiger partial charge is 0.257 e. The summed E-state index contributed by atoms with van der Waals surface area (Å²) >= 11 is 0. The molecule has 0 radical (unpaired) electrons. The number of ether oxygens (including phenoxy) is 1. The molecule has 2 fully saturated rings. The van der Waals surface area contributed by atoms with Crippen LogP contribution in [-0.4, -0.2) is 41.3 Å². The van der Waals surface area contributed by atoms with Gasteiger partial charge < -0.3 is 9.64 Å². The summed E-state index contributed by atoms with van der Waals surface area (Å²) in [6.07, 6.45) is 6.32. The van der Waals surface area contributed by atoms with Crippen molar-refractivity contribution in [3.63, 3.8) is 0 Å². The van der Waals surface area contributed by atoms with Crippen LogP contribution in [0.4, 0.5) is 5.69 Å². The molecule has 1 aliphatic heterocycles. The number of hydrogen-bond acceptors (Lipinski definition) is 4. The van der Waals surface area contributed by atoms with Gasteiger partial charge in [-0.15, -0.1) is 0 Å². The van der Waals surface area contributed by atoms with E-state index in [1.165, 1.54) is 11.8 Å². The highest BCUT2D eigenvalue weighted by molar-refractivity contribution is 6.23. The number of imide groups is 1. The van der Waals surface area contributed by atoms with Crippen molar-refractivity contribution in [2.45, 2.75) is 70.9 Å². The van der Waals surface area contributed by atoms with Crippen LogP contribution < -0.4 is 9.64 Å². The molecular weight excluding hydrogens is 344 g/mol. The van der Waals surface area contributed by atoms with Gasteiger partial charge in [-0.25, -0.2) is 4.90 Å². The molecule has 6 heteroatoms. The molecule has 6 nitrogen and oxygen atoms in total. The molecule has 1 aliphatic carbocycles. The summed E-state index contributed by atoms with van der Waals surface area (Å²) in [5.74, 6) is 0.0138. The summed E-state index contributed by atoms with van der Waals surface area (Å²) in [4.78, 5) is 41.0. The Bertz CT molecular complexity index is 693. The van der Waals surface area contributed by atoms with Gasteiger partial charge in [0.05, 0.1) is 18.7 Å². The Morgan fingerprint density at radius 3 is 2.30 bits per heavy atom. The van der Waals surface area contributed by atoms with Gasteiger partial charge in [0.15, 0.2) is 0 Å². The predicted molar refractivity (Wildman–Crippen MR) is 103 cm³/mol. The lowest BCUT2D eigenvalue weighted by molar-refractivity contribution is -0.139. The maximum atomic E-state index is 13.1. The minimum Gasteiger partial charge on any atom is -0.494 e. The Balaban J connectivity index is 1.81. The molecule has 1 saturated carbocycles. The maximum Gasteiger partial charge on any atom is 0.257 e. The lowest BCUT2D eigenvalue weighted by atomic mass is 10.0. The standard InChI is InChI=1S/C21H28N2O4/c1-3-27-18-12-10-17(11-13-18)23-20(25)14-19(21(23)26)22(15(2)24)16-8-6-4-5-7-9-16/h10-13,16,19H,3-9,14H2,1-2H3. The van der Waals surface area contributed by atoms with Gasteiger partial charge in [0.1, 0.15) is 11.8 Å². The SMILES string of the molecule is CCOc1ccc(N2C(=O)CC(N(C(C)=O)C3CCCCCC3)C2=O)cc1. The van der Waals surface area contributed by atoms with Crippen LogP contribution in [0.2, 0.25) is 0 Å². The fraction of sp³-hybridized carbons (Fsp3) is 0.571. The fourth-order valence-corrected chi connectivity index (χ4v) is 4.23. The zero-order valence-corrected chi connectivity index (χ0v) is 16.1. The van der Waals surface area contributed by atoms with Crippen LogP contribution in [0.1, 0.15) is 58.8 Å². The molecule has 0 aromatic heterocycles. The van der Waals surface area contributed by atoms with Gasteiger partial charge in [-0.2, -0.15) is 0 Å². The van der Waals surface area contributed by atoms with E-state index in [0.717, 1.165) is 38.5 Å². The van der Waals surface area contributed by atoms with Crippen LogP contribution in [0.5, 0.6) is 5.75 Å². The van der Waals surface area contributed by atoms with E-state index >= 15 is 0 Å². The first-order valence-corrected chi connectivity index (χ1v) is 9.91. The fourth-order valence-electron chi connectivity index (χ4n) is 4.23. The summed E-state index contributed by atoms with van der Waals surface area (Å²) in [5, 5.41) is 0. The number of carbonyl (C=O) groups excluding carboxylic acids is 3. The topological polar surface area (TPSA) is 66.9 Å². The number of amides is 3. The first-order valence-electron chi connectivity index (χ1n) is 9.91. The van der Waals surface area contributed by atoms with E-state index in [1.54, 1.807) is 29.2 Å². The van der Waals surface area contributed by atoms with Crippen LogP contribution in [0.15, 0.2) is 24.3 Å². The molecule has 1 saturated heterocycles. The van der Waals surface area contributed by atoms with Crippen molar-refractivity contribution in [3.8, 4) is 5.75 Å². The molecule has 0 N–H and O–H groups in total. The van der Waals surface area contributed by atoms with Crippen LogP contribution in [-0.2, 0) is 14.4 Å². The van der Waals surface area contributed by atoms with E-state index in [-0.39, 0.29) is 30.2 Å². The van der Waals surface area contributed by atoms with E-state index in [2.05, 4.69) is 0 Å². The first-order chi connectivity index (χ1) is 13.0. The molecule has 1 unspecified atom stereocenters. The summed E-state index contributed by atoms with van der Waals surface area (Å²) < 4.78 is 5.42. The molecule has 1 aromatic rings. The third-order valence-electron chi connectivity index (χ3n) is 5.45. The predicted octanol–water partition coefficient (Wildman–Crippen LogP) is 3.29. The highest BCUT2D eigenvalue weighted by Crippen LogP contribution is 2.31. The van der Waals surface area contributed by atoms with E-state index in [0.29, 0.717) is 18.0 Å². The average molecular weight is 372 g/mol. The Morgan fingerprint density at radius 1 is 1.11 bits per heavy atom. The van der Waals surface area contributed by atoms with Crippen molar-refractivity contribution < 1.29 is 19.1 Å². The second kappa shape index (κ2) is 8.55. The second-order valence-corrected chi connectivity index (χ2v) is 7.29. The first kappa shape index (κ1) is 19.4. The van der Waals surface area contributed by atoms with Crippen LogP contribution >= 0.6 is 0 Å². The number of anilines is 1. The highest BCUT2D eigenvalue weighted by Gasteiger charge is 2.45. The number of nitrogens with zero attached hydrogens (tertiary/aromatic N) is 2. The van der Waals surface area contributed by atoms with E-state index < -0.39 is 6.04 Å². The largest absolute Gasteiger partial charge is 0.494 e. The molecule has 0 spiro atoms. The quantitative estimate of drug-likeness (QED) is 0.588. The van der Waals surface area contributed by atoms with Gasteiger partial charge in [-0.1, -0.05) is 25.7 Å². The molecule has 27 heavy (non-hydrogen) atoms. The van der Waals surface area contributed by atoms with Crippen molar-refractivity contribution >= 4 is 23.4 Å². The van der Waals surface area contributed by atoms with Gasteiger partial charge in [0.2, 0.25) is 11.8 Å².